The van der Waals surface area contributed by atoms with Crippen molar-refractivity contribution in [2.45, 2.75) is 44.9 Å². The maximum absolute atomic E-state index is 10.8. The van der Waals surface area contributed by atoms with Crippen molar-refractivity contribution in [3.05, 3.63) is 29.3 Å². The lowest BCUT2D eigenvalue weighted by atomic mass is 10.0. The zero-order valence-corrected chi connectivity index (χ0v) is 12.0. The van der Waals surface area contributed by atoms with Gasteiger partial charge in [-0.1, -0.05) is 25.0 Å². The molecule has 3 heteroatoms. The van der Waals surface area contributed by atoms with Crippen LogP contribution in [0.2, 0.25) is 0 Å². The lowest BCUT2D eigenvalue weighted by Gasteiger charge is -2.23. The molecular formula is C17H23NO2. The minimum atomic E-state index is -0.705. The smallest absolute Gasteiger partial charge is 0.303 e. The quantitative estimate of drug-likeness (QED) is 0.895. The van der Waals surface area contributed by atoms with Gasteiger partial charge in [0.05, 0.1) is 0 Å². The molecule has 1 saturated carbocycles. The first-order valence-corrected chi connectivity index (χ1v) is 7.81. The SMILES string of the molecule is O=C(O)CCc1cccc2c1CCN2CC1CCCC1. The molecule has 0 radical (unpaired) electrons. The average Bonchev–Trinajstić information content (AvgIpc) is 3.07. The number of aryl methyl sites for hydroxylation is 1. The van der Waals surface area contributed by atoms with Crippen LogP contribution in [0.4, 0.5) is 5.69 Å². The third kappa shape index (κ3) is 2.82. The van der Waals surface area contributed by atoms with Gasteiger partial charge in [-0.3, -0.25) is 4.79 Å². The molecule has 1 fully saturated rings. The van der Waals surface area contributed by atoms with Gasteiger partial charge in [0, 0.05) is 25.2 Å². The van der Waals surface area contributed by atoms with Crippen LogP contribution >= 0.6 is 0 Å². The Bertz CT molecular complexity index is 492. The number of nitrogens with zero attached hydrogens (tertiary/aromatic N) is 1. The fraction of sp³-hybridized carbons (Fsp3) is 0.588. The molecule has 0 amide bonds. The van der Waals surface area contributed by atoms with Crippen molar-refractivity contribution in [3.8, 4) is 0 Å². The van der Waals surface area contributed by atoms with Gasteiger partial charge < -0.3 is 10.0 Å². The molecule has 3 rings (SSSR count). The summed E-state index contributed by atoms with van der Waals surface area (Å²) >= 11 is 0. The van der Waals surface area contributed by atoms with Gasteiger partial charge in [-0.25, -0.2) is 0 Å². The Balaban J connectivity index is 1.72. The van der Waals surface area contributed by atoms with E-state index < -0.39 is 5.97 Å². The lowest BCUT2D eigenvalue weighted by Crippen LogP contribution is -2.26. The molecule has 1 aromatic rings. The molecule has 0 bridgehead atoms. The van der Waals surface area contributed by atoms with Crippen LogP contribution in [0, 0.1) is 5.92 Å². The summed E-state index contributed by atoms with van der Waals surface area (Å²) in [6.45, 7) is 2.30. The van der Waals surface area contributed by atoms with E-state index in [2.05, 4.69) is 23.1 Å². The van der Waals surface area contributed by atoms with Gasteiger partial charge in [0.2, 0.25) is 0 Å². The zero-order chi connectivity index (χ0) is 13.9. The van der Waals surface area contributed by atoms with Crippen molar-refractivity contribution in [2.75, 3.05) is 18.0 Å². The molecule has 1 aromatic carbocycles. The van der Waals surface area contributed by atoms with Crippen molar-refractivity contribution < 1.29 is 9.90 Å². The first-order valence-electron chi connectivity index (χ1n) is 7.81. The Hall–Kier alpha value is -1.51. The molecule has 0 aromatic heterocycles. The Morgan fingerprint density at radius 2 is 2.10 bits per heavy atom. The molecule has 0 spiro atoms. The van der Waals surface area contributed by atoms with Crippen molar-refractivity contribution in [1.29, 1.82) is 0 Å². The molecule has 2 aliphatic rings. The van der Waals surface area contributed by atoms with Crippen LogP contribution in [0.5, 0.6) is 0 Å². The first kappa shape index (κ1) is 13.5. The highest BCUT2D eigenvalue weighted by molar-refractivity contribution is 5.68. The molecular weight excluding hydrogens is 250 g/mol. The van der Waals surface area contributed by atoms with Gasteiger partial charge in [0.15, 0.2) is 0 Å². The van der Waals surface area contributed by atoms with Crippen LogP contribution in [-0.2, 0) is 17.6 Å². The molecule has 1 aliphatic carbocycles. The van der Waals surface area contributed by atoms with Crippen LogP contribution in [0.15, 0.2) is 18.2 Å². The van der Waals surface area contributed by atoms with E-state index in [9.17, 15) is 4.79 Å². The summed E-state index contributed by atoms with van der Waals surface area (Å²) < 4.78 is 0. The van der Waals surface area contributed by atoms with Gasteiger partial charge in [0.1, 0.15) is 0 Å². The number of aliphatic carboxylic acids is 1. The normalized spacial score (nSPS) is 18.5. The largest absolute Gasteiger partial charge is 0.481 e. The number of fused-ring (bicyclic) bond motifs is 1. The Morgan fingerprint density at radius 3 is 2.85 bits per heavy atom. The summed E-state index contributed by atoms with van der Waals surface area (Å²) in [5.41, 5.74) is 3.99. The number of rotatable bonds is 5. The number of hydrogen-bond acceptors (Lipinski definition) is 2. The summed E-state index contributed by atoms with van der Waals surface area (Å²) in [5, 5.41) is 8.85. The zero-order valence-electron chi connectivity index (χ0n) is 12.0. The van der Waals surface area contributed by atoms with E-state index in [1.165, 1.54) is 49.0 Å². The Labute approximate surface area is 120 Å². The minimum Gasteiger partial charge on any atom is -0.481 e. The van der Waals surface area contributed by atoms with Crippen molar-refractivity contribution in [1.82, 2.24) is 0 Å². The molecule has 1 heterocycles. The third-order valence-corrected chi connectivity index (χ3v) is 4.78. The number of hydrogen-bond donors (Lipinski definition) is 1. The van der Waals surface area contributed by atoms with Crippen molar-refractivity contribution >= 4 is 11.7 Å². The second-order valence-corrected chi connectivity index (χ2v) is 6.16. The van der Waals surface area contributed by atoms with Crippen LogP contribution in [0.25, 0.3) is 0 Å². The second-order valence-electron chi connectivity index (χ2n) is 6.16. The summed E-state index contributed by atoms with van der Waals surface area (Å²) in [5.74, 6) is 0.159. The van der Waals surface area contributed by atoms with Gasteiger partial charge in [-0.2, -0.15) is 0 Å². The molecule has 108 valence electrons. The highest BCUT2D eigenvalue weighted by atomic mass is 16.4. The molecule has 1 N–H and O–H groups in total. The van der Waals surface area contributed by atoms with Gasteiger partial charge in [-0.15, -0.1) is 0 Å². The maximum atomic E-state index is 10.8. The molecule has 1 aliphatic heterocycles. The van der Waals surface area contributed by atoms with E-state index in [-0.39, 0.29) is 6.42 Å². The summed E-state index contributed by atoms with van der Waals surface area (Å²) in [7, 11) is 0. The van der Waals surface area contributed by atoms with Crippen LogP contribution < -0.4 is 4.90 Å². The lowest BCUT2D eigenvalue weighted by molar-refractivity contribution is -0.136. The fourth-order valence-corrected chi connectivity index (χ4v) is 3.74. The predicted octanol–water partition coefficient (Wildman–Crippen LogP) is 3.26. The van der Waals surface area contributed by atoms with E-state index in [0.29, 0.717) is 6.42 Å². The Kier molecular flexibility index (Phi) is 3.95. The van der Waals surface area contributed by atoms with E-state index in [0.717, 1.165) is 18.9 Å². The number of anilines is 1. The highest BCUT2D eigenvalue weighted by Gasteiger charge is 2.25. The average molecular weight is 273 g/mol. The predicted molar refractivity (Wildman–Crippen MR) is 80.3 cm³/mol. The first-order chi connectivity index (χ1) is 9.74. The van der Waals surface area contributed by atoms with Crippen LogP contribution in [0.3, 0.4) is 0 Å². The number of carboxylic acid groups (broad SMARTS) is 1. The standard InChI is InChI=1S/C17H23NO2/c19-17(20)9-8-14-6-3-7-16-15(14)10-11-18(16)12-13-4-1-2-5-13/h3,6-7,13H,1-2,4-5,8-12H2,(H,19,20). The molecule has 0 saturated heterocycles. The summed E-state index contributed by atoms with van der Waals surface area (Å²) in [4.78, 5) is 13.3. The van der Waals surface area contributed by atoms with Crippen LogP contribution in [0.1, 0.15) is 43.2 Å². The molecule has 20 heavy (non-hydrogen) atoms. The summed E-state index contributed by atoms with van der Waals surface area (Å²) in [6.07, 6.45) is 7.52. The van der Waals surface area contributed by atoms with Gasteiger partial charge in [-0.05, 0) is 48.8 Å². The third-order valence-electron chi connectivity index (χ3n) is 4.78. The molecule has 3 nitrogen and oxygen atoms in total. The fourth-order valence-electron chi connectivity index (χ4n) is 3.74. The van der Waals surface area contributed by atoms with Gasteiger partial charge >= 0.3 is 5.97 Å². The number of carbonyl (C=O) groups is 1. The number of benzene rings is 1. The highest BCUT2D eigenvalue weighted by Crippen LogP contribution is 2.34. The van der Waals surface area contributed by atoms with E-state index >= 15 is 0 Å². The van der Waals surface area contributed by atoms with Crippen LogP contribution in [-0.4, -0.2) is 24.2 Å². The Morgan fingerprint density at radius 1 is 1.30 bits per heavy atom. The second kappa shape index (κ2) is 5.86. The van der Waals surface area contributed by atoms with Crippen molar-refractivity contribution in [2.24, 2.45) is 5.92 Å². The maximum Gasteiger partial charge on any atom is 0.303 e. The monoisotopic (exact) mass is 273 g/mol. The topological polar surface area (TPSA) is 40.5 Å². The van der Waals surface area contributed by atoms with E-state index in [1.54, 1.807) is 0 Å². The summed E-state index contributed by atoms with van der Waals surface area (Å²) in [6, 6.07) is 6.39. The minimum absolute atomic E-state index is 0.235. The molecule has 0 unspecified atom stereocenters. The van der Waals surface area contributed by atoms with Gasteiger partial charge in [0.25, 0.3) is 0 Å². The molecule has 0 atom stereocenters. The van der Waals surface area contributed by atoms with E-state index in [4.69, 9.17) is 5.11 Å². The van der Waals surface area contributed by atoms with E-state index in [1.807, 2.05) is 0 Å². The van der Waals surface area contributed by atoms with Crippen molar-refractivity contribution in [3.63, 3.8) is 0 Å². The number of carboxylic acids is 1.